The van der Waals surface area contributed by atoms with E-state index in [9.17, 15) is 24.0 Å². The van der Waals surface area contributed by atoms with E-state index in [1.165, 1.54) is 0 Å². The first-order valence-corrected chi connectivity index (χ1v) is 21.3. The maximum absolute atomic E-state index is 12.5. The number of ether oxygens (including phenoxy) is 4. The van der Waals surface area contributed by atoms with Crippen LogP contribution in [0.1, 0.15) is 118 Å². The molecule has 2 fully saturated rings. The second-order valence-electron chi connectivity index (χ2n) is 16.6. The average molecular weight is 882 g/mol. The van der Waals surface area contributed by atoms with E-state index in [0.29, 0.717) is 40.2 Å². The maximum atomic E-state index is 12.5. The van der Waals surface area contributed by atoms with Gasteiger partial charge in [-0.2, -0.15) is 0 Å². The summed E-state index contributed by atoms with van der Waals surface area (Å²) in [6.07, 6.45) is 7.10. The van der Waals surface area contributed by atoms with Crippen LogP contribution in [-0.2, 0) is 41.4 Å². The van der Waals surface area contributed by atoms with Gasteiger partial charge < -0.3 is 51.7 Å². The van der Waals surface area contributed by atoms with E-state index in [1.807, 2.05) is 20.8 Å². The molecule has 15 nitrogen and oxygen atoms in total. The topological polar surface area (TPSA) is 222 Å². The van der Waals surface area contributed by atoms with Gasteiger partial charge in [-0.05, 0) is 116 Å². The van der Waals surface area contributed by atoms with Crippen molar-refractivity contribution in [1.29, 1.82) is 0 Å². The van der Waals surface area contributed by atoms with Crippen LogP contribution in [0, 0.1) is 0 Å². The number of rotatable bonds is 10. The smallest absolute Gasteiger partial charge is 0.407 e. The number of nitrogen functional groups attached to an aromatic ring is 1. The second-order valence-corrected chi connectivity index (χ2v) is 17.4. The number of nitrogens with one attached hydrogen (secondary N) is 4. The van der Waals surface area contributed by atoms with E-state index in [2.05, 4.69) is 21.3 Å². The minimum absolute atomic E-state index is 0.0687. The predicted molar refractivity (Wildman–Crippen MR) is 235 cm³/mol. The molecule has 0 aliphatic heterocycles. The molecule has 17 heteroatoms. The zero-order valence-electron chi connectivity index (χ0n) is 36.3. The van der Waals surface area contributed by atoms with Crippen molar-refractivity contribution in [1.82, 2.24) is 16.0 Å². The van der Waals surface area contributed by atoms with Crippen LogP contribution in [0.2, 0.25) is 10.0 Å². The van der Waals surface area contributed by atoms with Crippen LogP contribution in [-0.4, -0.2) is 78.7 Å². The number of hydrogen-bond acceptors (Lipinski definition) is 11. The number of amides is 4. The van der Waals surface area contributed by atoms with Crippen LogP contribution < -0.4 is 32.7 Å². The molecule has 2 aliphatic rings. The number of carbonyl (C=O) groups excluding carboxylic acids is 5. The lowest BCUT2D eigenvalue weighted by atomic mass is 9.90. The molecule has 0 aromatic heterocycles. The Balaban J connectivity index is 0.000000354. The summed E-state index contributed by atoms with van der Waals surface area (Å²) < 4.78 is 20.2. The van der Waals surface area contributed by atoms with Crippen molar-refractivity contribution < 1.29 is 42.9 Å². The van der Waals surface area contributed by atoms with Gasteiger partial charge in [0.05, 0.1) is 38.1 Å². The number of hydrogen-bond donors (Lipinski definition) is 6. The van der Waals surface area contributed by atoms with Gasteiger partial charge in [-0.3, -0.25) is 9.59 Å². The number of halogens is 2. The monoisotopic (exact) mass is 880 g/mol. The largest absolute Gasteiger partial charge is 0.466 e. The summed E-state index contributed by atoms with van der Waals surface area (Å²) in [5.74, 6) is -0.636. The molecule has 4 amide bonds. The van der Waals surface area contributed by atoms with Crippen molar-refractivity contribution in [2.75, 3.05) is 24.3 Å². The Labute approximate surface area is 365 Å². The summed E-state index contributed by atoms with van der Waals surface area (Å²) in [4.78, 5) is 58.9. The molecule has 0 radical (unpaired) electrons. The van der Waals surface area contributed by atoms with Crippen LogP contribution >= 0.6 is 23.2 Å². The van der Waals surface area contributed by atoms with Crippen LogP contribution in [0.15, 0.2) is 36.4 Å². The van der Waals surface area contributed by atoms with Crippen LogP contribution in [0.3, 0.4) is 0 Å². The molecule has 8 N–H and O–H groups in total. The molecule has 4 atom stereocenters. The van der Waals surface area contributed by atoms with Crippen molar-refractivity contribution in [2.24, 2.45) is 5.73 Å². The number of esters is 2. The van der Waals surface area contributed by atoms with Crippen molar-refractivity contribution in [3.05, 3.63) is 57.6 Å². The SMILES string of the molecule is CC(C)(C)OC(=O)NC1CCCCC1N.CCOC(=O)Cc1ccc(N)cc1Cl.CCOC(=O)Cc1ccc(NC(=O)NC2CCCCC2NC(=O)OC(C)(C)C)cc1Cl. The first-order valence-electron chi connectivity index (χ1n) is 20.5. The fourth-order valence-electron chi connectivity index (χ4n) is 6.28. The molecule has 0 heterocycles. The summed E-state index contributed by atoms with van der Waals surface area (Å²) >= 11 is 12.1. The highest BCUT2D eigenvalue weighted by Gasteiger charge is 2.30. The summed E-state index contributed by atoms with van der Waals surface area (Å²) in [6, 6.07) is 9.36. The van der Waals surface area contributed by atoms with Crippen molar-refractivity contribution in [3.63, 3.8) is 0 Å². The number of alkyl carbamates (subject to hydrolysis) is 2. The van der Waals surface area contributed by atoms with E-state index in [4.69, 9.17) is 53.6 Å². The zero-order valence-corrected chi connectivity index (χ0v) is 37.9. The van der Waals surface area contributed by atoms with Crippen LogP contribution in [0.5, 0.6) is 0 Å². The molecule has 0 bridgehead atoms. The first kappa shape index (κ1) is 51.7. The van der Waals surface area contributed by atoms with Gasteiger partial charge in [-0.25, -0.2) is 14.4 Å². The Kier molecular flexibility index (Phi) is 21.8. The number of anilines is 2. The number of urea groups is 1. The number of benzene rings is 2. The molecule has 2 saturated carbocycles. The lowest BCUT2D eigenvalue weighted by Crippen LogP contribution is -2.54. The summed E-state index contributed by atoms with van der Waals surface area (Å²) in [7, 11) is 0. The van der Waals surface area contributed by atoms with Gasteiger partial charge in [0.1, 0.15) is 11.2 Å². The van der Waals surface area contributed by atoms with Gasteiger partial charge >= 0.3 is 30.2 Å². The van der Waals surface area contributed by atoms with E-state index < -0.39 is 23.3 Å². The molecule has 2 aromatic carbocycles. The molecule has 4 rings (SSSR count). The van der Waals surface area contributed by atoms with Gasteiger partial charge in [0.15, 0.2) is 0 Å². The minimum atomic E-state index is -0.586. The third-order valence-electron chi connectivity index (χ3n) is 8.97. The standard InChI is InChI=1S/C22H32ClN3O5.C11H22N2O2.C10H12ClNO2/c1-5-30-19(27)12-14-10-11-15(13-16(14)23)24-20(28)25-17-8-6-7-9-18(17)26-21(29)31-22(2,3)4;1-11(2,3)15-10(14)13-9-7-5-4-6-8(9)12;1-2-14-10(13)5-7-3-4-8(12)6-9(7)11/h10-11,13,17-18H,5-9,12H2,1-4H3,(H,26,29)(H2,24,25,28);8-9H,4-7,12H2,1-3H3,(H,13,14);3-4,6H,2,5,12H2,1H3. The fourth-order valence-corrected chi connectivity index (χ4v) is 6.78. The van der Waals surface area contributed by atoms with Crippen molar-refractivity contribution in [2.45, 2.75) is 155 Å². The zero-order chi connectivity index (χ0) is 45.0. The van der Waals surface area contributed by atoms with Crippen LogP contribution in [0.25, 0.3) is 0 Å². The lowest BCUT2D eigenvalue weighted by molar-refractivity contribution is -0.143. The molecular formula is C43H66Cl2N6O9. The van der Waals surface area contributed by atoms with Gasteiger partial charge in [-0.1, -0.05) is 61.0 Å². The highest BCUT2D eigenvalue weighted by atomic mass is 35.5. The van der Waals surface area contributed by atoms with Crippen LogP contribution in [0.4, 0.5) is 25.8 Å². The molecule has 4 unspecified atom stereocenters. The third kappa shape index (κ3) is 21.2. The van der Waals surface area contributed by atoms with E-state index in [0.717, 1.165) is 56.9 Å². The fraction of sp³-hybridized carbons (Fsp3) is 0.605. The third-order valence-corrected chi connectivity index (χ3v) is 9.68. The molecule has 0 spiro atoms. The molecule has 336 valence electrons. The van der Waals surface area contributed by atoms with Crippen molar-refractivity contribution >= 4 is 64.7 Å². The van der Waals surface area contributed by atoms with Gasteiger partial charge in [-0.15, -0.1) is 0 Å². The Morgan fingerprint density at radius 2 is 1.08 bits per heavy atom. The number of nitrogens with two attached hydrogens (primary N) is 2. The Bertz CT molecular complexity index is 1720. The molecular weight excluding hydrogens is 815 g/mol. The highest BCUT2D eigenvalue weighted by Crippen LogP contribution is 2.24. The lowest BCUT2D eigenvalue weighted by Gasteiger charge is -2.33. The molecule has 60 heavy (non-hydrogen) atoms. The normalized spacial score (nSPS) is 18.7. The highest BCUT2D eigenvalue weighted by molar-refractivity contribution is 6.32. The molecule has 2 aliphatic carbocycles. The summed E-state index contributed by atoms with van der Waals surface area (Å²) in [6.45, 7) is 15.2. The van der Waals surface area contributed by atoms with E-state index >= 15 is 0 Å². The van der Waals surface area contributed by atoms with Gasteiger partial charge in [0.2, 0.25) is 0 Å². The Morgan fingerprint density at radius 1 is 0.650 bits per heavy atom. The Hall–Kier alpha value is -4.47. The predicted octanol–water partition coefficient (Wildman–Crippen LogP) is 8.21. The first-order chi connectivity index (χ1) is 28.1. The number of carbonyl (C=O) groups is 5. The average Bonchev–Trinajstić information content (AvgIpc) is 3.12. The molecule has 0 saturated heterocycles. The van der Waals surface area contributed by atoms with Crippen molar-refractivity contribution in [3.8, 4) is 0 Å². The van der Waals surface area contributed by atoms with E-state index in [-0.39, 0.29) is 55.0 Å². The van der Waals surface area contributed by atoms with Gasteiger partial charge in [0.25, 0.3) is 0 Å². The van der Waals surface area contributed by atoms with Gasteiger partial charge in [0, 0.05) is 33.5 Å². The summed E-state index contributed by atoms with van der Waals surface area (Å²) in [5, 5.41) is 12.3. The van der Waals surface area contributed by atoms with E-state index in [1.54, 1.807) is 71.0 Å². The maximum Gasteiger partial charge on any atom is 0.407 e. The molecule has 2 aromatic rings. The second kappa shape index (κ2) is 25.3. The Morgan fingerprint density at radius 3 is 1.53 bits per heavy atom. The minimum Gasteiger partial charge on any atom is -0.466 e. The quantitative estimate of drug-likeness (QED) is 0.0758. The summed E-state index contributed by atoms with van der Waals surface area (Å²) in [5.41, 5.74) is 12.9.